The number of ether oxygens (including phenoxy) is 1. The molecule has 0 aliphatic rings. The summed E-state index contributed by atoms with van der Waals surface area (Å²) in [4.78, 5) is 36.0. The smallest absolute Gasteiger partial charge is 0.272 e. The van der Waals surface area contributed by atoms with Crippen molar-refractivity contribution in [2.75, 3.05) is 7.11 Å². The minimum atomic E-state index is -0.257. The number of carbonyl (C=O) groups excluding carboxylic acids is 1. The number of amides is 1. The predicted octanol–water partition coefficient (Wildman–Crippen LogP) is 4.31. The number of fused-ring (bicyclic) bond motifs is 3. The first kappa shape index (κ1) is 21.8. The first-order chi connectivity index (χ1) is 16.5. The molecule has 0 saturated carbocycles. The molecule has 5 rings (SSSR count). The topological polar surface area (TPSA) is 86.1 Å². The van der Waals surface area contributed by atoms with E-state index in [4.69, 9.17) is 9.72 Å². The zero-order valence-electron chi connectivity index (χ0n) is 18.7. The maximum atomic E-state index is 13.3. The highest BCUT2D eigenvalue weighted by Crippen LogP contribution is 2.31. The molecule has 34 heavy (non-hydrogen) atoms. The van der Waals surface area contributed by atoms with Crippen LogP contribution in [0.25, 0.3) is 31.7 Å². The van der Waals surface area contributed by atoms with Crippen LogP contribution in [0.1, 0.15) is 11.4 Å². The van der Waals surface area contributed by atoms with Gasteiger partial charge in [0.1, 0.15) is 27.6 Å². The predicted molar refractivity (Wildman–Crippen MR) is 134 cm³/mol. The Morgan fingerprint density at radius 2 is 1.79 bits per heavy atom. The fraction of sp³-hybridized carbons (Fsp3) is 0.154. The minimum Gasteiger partial charge on any atom is -0.497 e. The van der Waals surface area contributed by atoms with E-state index in [-0.39, 0.29) is 18.0 Å². The molecule has 8 heteroatoms. The molecule has 0 aliphatic heterocycles. The Kier molecular flexibility index (Phi) is 5.81. The van der Waals surface area contributed by atoms with Crippen LogP contribution in [-0.2, 0) is 17.9 Å². The summed E-state index contributed by atoms with van der Waals surface area (Å²) in [5.74, 6) is 0.988. The molecule has 3 aromatic heterocycles. The standard InChI is InChI=1S/C26H22N4O3S/c1-16-28-23-20-12-13-21(18-6-4-3-5-7-18)29-25(20)34-24(23)26(32)30(16)15-22(31)27-14-17-8-10-19(33-2)11-9-17/h3-13H,14-15H2,1-2H3,(H,27,31). The van der Waals surface area contributed by atoms with E-state index in [1.54, 1.807) is 14.0 Å². The van der Waals surface area contributed by atoms with Crippen molar-refractivity contribution in [2.24, 2.45) is 0 Å². The Labute approximate surface area is 199 Å². The molecular weight excluding hydrogens is 448 g/mol. The Morgan fingerprint density at radius 1 is 1.03 bits per heavy atom. The number of hydrogen-bond acceptors (Lipinski definition) is 6. The molecule has 2 aromatic carbocycles. The van der Waals surface area contributed by atoms with Crippen molar-refractivity contribution in [3.63, 3.8) is 0 Å². The molecule has 0 saturated heterocycles. The maximum Gasteiger partial charge on any atom is 0.272 e. The van der Waals surface area contributed by atoms with Crippen LogP contribution in [-0.4, -0.2) is 27.6 Å². The summed E-state index contributed by atoms with van der Waals surface area (Å²) in [6, 6.07) is 21.3. The third kappa shape index (κ3) is 4.15. The van der Waals surface area contributed by atoms with Crippen LogP contribution in [0.5, 0.6) is 5.75 Å². The number of hydrogen-bond donors (Lipinski definition) is 1. The van der Waals surface area contributed by atoms with E-state index in [9.17, 15) is 9.59 Å². The molecule has 0 fully saturated rings. The second-order valence-electron chi connectivity index (χ2n) is 7.87. The van der Waals surface area contributed by atoms with Crippen molar-refractivity contribution < 1.29 is 9.53 Å². The summed E-state index contributed by atoms with van der Waals surface area (Å²) in [6.07, 6.45) is 0. The van der Waals surface area contributed by atoms with Gasteiger partial charge in [-0.15, -0.1) is 11.3 Å². The summed E-state index contributed by atoms with van der Waals surface area (Å²) in [5.41, 5.74) is 3.19. The highest BCUT2D eigenvalue weighted by Gasteiger charge is 2.17. The SMILES string of the molecule is COc1ccc(CNC(=O)Cn2c(C)nc3c(sc4nc(-c5ccccc5)ccc43)c2=O)cc1. The van der Waals surface area contributed by atoms with Crippen molar-refractivity contribution in [3.8, 4) is 17.0 Å². The highest BCUT2D eigenvalue weighted by atomic mass is 32.1. The van der Waals surface area contributed by atoms with Gasteiger partial charge in [-0.2, -0.15) is 0 Å². The van der Waals surface area contributed by atoms with Gasteiger partial charge in [-0.25, -0.2) is 9.97 Å². The van der Waals surface area contributed by atoms with Gasteiger partial charge in [-0.05, 0) is 36.8 Å². The van der Waals surface area contributed by atoms with Gasteiger partial charge in [0.15, 0.2) is 0 Å². The fourth-order valence-corrected chi connectivity index (χ4v) is 4.87. The summed E-state index contributed by atoms with van der Waals surface area (Å²) >= 11 is 1.31. The van der Waals surface area contributed by atoms with Crippen LogP contribution >= 0.6 is 11.3 Å². The third-order valence-corrected chi connectivity index (χ3v) is 6.73. The number of nitrogens with one attached hydrogen (secondary N) is 1. The van der Waals surface area contributed by atoms with Crippen LogP contribution in [0.15, 0.2) is 71.5 Å². The third-order valence-electron chi connectivity index (χ3n) is 5.65. The molecule has 0 bridgehead atoms. The van der Waals surface area contributed by atoms with Gasteiger partial charge in [0.25, 0.3) is 5.56 Å². The summed E-state index contributed by atoms with van der Waals surface area (Å²) in [6.45, 7) is 2.01. The normalized spacial score (nSPS) is 11.1. The lowest BCUT2D eigenvalue weighted by Gasteiger charge is -2.10. The number of aryl methyl sites for hydroxylation is 1. The molecule has 1 amide bonds. The van der Waals surface area contributed by atoms with Crippen LogP contribution < -0.4 is 15.6 Å². The van der Waals surface area contributed by atoms with E-state index in [0.29, 0.717) is 22.6 Å². The Bertz CT molecular complexity index is 1560. The lowest BCUT2D eigenvalue weighted by molar-refractivity contribution is -0.121. The number of benzene rings is 2. The van der Waals surface area contributed by atoms with Gasteiger partial charge >= 0.3 is 0 Å². The van der Waals surface area contributed by atoms with E-state index in [2.05, 4.69) is 10.3 Å². The molecule has 5 aromatic rings. The second-order valence-corrected chi connectivity index (χ2v) is 8.87. The van der Waals surface area contributed by atoms with Crippen LogP contribution in [0, 0.1) is 6.92 Å². The second kappa shape index (κ2) is 9.07. The molecule has 170 valence electrons. The van der Waals surface area contributed by atoms with Gasteiger partial charge in [0, 0.05) is 17.5 Å². The number of rotatable bonds is 6. The molecular formula is C26H22N4O3S. The number of methoxy groups -OCH3 is 1. The average Bonchev–Trinajstić information content (AvgIpc) is 3.24. The van der Waals surface area contributed by atoms with Crippen molar-refractivity contribution in [3.05, 3.63) is 88.5 Å². The van der Waals surface area contributed by atoms with E-state index in [0.717, 1.165) is 32.8 Å². The van der Waals surface area contributed by atoms with Crippen LogP contribution in [0.4, 0.5) is 0 Å². The molecule has 3 heterocycles. The van der Waals surface area contributed by atoms with Crippen molar-refractivity contribution in [2.45, 2.75) is 20.0 Å². The van der Waals surface area contributed by atoms with E-state index in [1.807, 2.05) is 66.7 Å². The van der Waals surface area contributed by atoms with Crippen LogP contribution in [0.3, 0.4) is 0 Å². The van der Waals surface area contributed by atoms with Crippen molar-refractivity contribution in [1.29, 1.82) is 0 Å². The number of pyridine rings is 1. The lowest BCUT2D eigenvalue weighted by Crippen LogP contribution is -2.33. The Balaban J connectivity index is 1.41. The monoisotopic (exact) mass is 470 g/mol. The summed E-state index contributed by atoms with van der Waals surface area (Å²) in [7, 11) is 1.61. The Morgan fingerprint density at radius 3 is 2.53 bits per heavy atom. The summed E-state index contributed by atoms with van der Waals surface area (Å²) in [5, 5.41) is 3.71. The highest BCUT2D eigenvalue weighted by molar-refractivity contribution is 7.25. The maximum absolute atomic E-state index is 13.3. The molecule has 0 radical (unpaired) electrons. The molecule has 0 atom stereocenters. The molecule has 0 aliphatic carbocycles. The Hall–Kier alpha value is -4.04. The van der Waals surface area contributed by atoms with E-state index < -0.39 is 0 Å². The van der Waals surface area contributed by atoms with Crippen molar-refractivity contribution in [1.82, 2.24) is 19.9 Å². The summed E-state index contributed by atoms with van der Waals surface area (Å²) < 4.78 is 7.07. The first-order valence-electron chi connectivity index (χ1n) is 10.8. The van der Waals surface area contributed by atoms with Gasteiger partial charge in [0.2, 0.25) is 5.91 Å². The van der Waals surface area contributed by atoms with E-state index in [1.165, 1.54) is 15.9 Å². The first-order valence-corrected chi connectivity index (χ1v) is 11.6. The largest absolute Gasteiger partial charge is 0.497 e. The molecule has 7 nitrogen and oxygen atoms in total. The van der Waals surface area contributed by atoms with Gasteiger partial charge in [0.05, 0.1) is 18.3 Å². The molecule has 1 N–H and O–H groups in total. The number of nitrogens with zero attached hydrogens (tertiary/aromatic N) is 3. The van der Waals surface area contributed by atoms with E-state index >= 15 is 0 Å². The van der Waals surface area contributed by atoms with Crippen LogP contribution in [0.2, 0.25) is 0 Å². The number of carbonyl (C=O) groups is 1. The van der Waals surface area contributed by atoms with Crippen molar-refractivity contribution >= 4 is 37.7 Å². The van der Waals surface area contributed by atoms with Gasteiger partial charge < -0.3 is 10.1 Å². The fourth-order valence-electron chi connectivity index (χ4n) is 3.81. The minimum absolute atomic E-state index is 0.0965. The average molecular weight is 471 g/mol. The zero-order chi connectivity index (χ0) is 23.7. The van der Waals surface area contributed by atoms with Gasteiger partial charge in [-0.1, -0.05) is 42.5 Å². The quantitative estimate of drug-likeness (QED) is 0.400. The molecule has 0 spiro atoms. The lowest BCUT2D eigenvalue weighted by atomic mass is 10.1. The zero-order valence-corrected chi connectivity index (χ0v) is 19.6. The number of thiophene rings is 1. The molecule has 0 unspecified atom stereocenters. The van der Waals surface area contributed by atoms with Gasteiger partial charge in [-0.3, -0.25) is 14.2 Å². The number of aromatic nitrogens is 3.